The molecule has 0 aromatic heterocycles. The van der Waals surface area contributed by atoms with Crippen LogP contribution in [-0.2, 0) is 11.3 Å². The van der Waals surface area contributed by atoms with Gasteiger partial charge in [0.15, 0.2) is 0 Å². The Kier molecular flexibility index (Phi) is 6.48. The second kappa shape index (κ2) is 8.68. The van der Waals surface area contributed by atoms with Crippen LogP contribution in [0.25, 0.3) is 0 Å². The third-order valence-corrected chi connectivity index (χ3v) is 5.50. The lowest BCUT2D eigenvalue weighted by Crippen LogP contribution is -2.49. The van der Waals surface area contributed by atoms with Gasteiger partial charge in [0.1, 0.15) is 5.60 Å². The van der Waals surface area contributed by atoms with Crippen LogP contribution in [0.3, 0.4) is 0 Å². The van der Waals surface area contributed by atoms with E-state index in [1.54, 1.807) is 4.90 Å². The summed E-state index contributed by atoms with van der Waals surface area (Å²) in [5.41, 5.74) is 3.30. The van der Waals surface area contributed by atoms with Crippen molar-refractivity contribution in [2.24, 2.45) is 5.92 Å². The third kappa shape index (κ3) is 5.37. The Hall–Kier alpha value is -1.82. The van der Waals surface area contributed by atoms with Crippen molar-refractivity contribution < 1.29 is 13.9 Å². The quantitative estimate of drug-likeness (QED) is 0.781. The molecule has 2 fully saturated rings. The van der Waals surface area contributed by atoms with Gasteiger partial charge in [-0.1, -0.05) is 12.1 Å². The van der Waals surface area contributed by atoms with Crippen LogP contribution in [0.4, 0.5) is 14.9 Å². The van der Waals surface area contributed by atoms with Crippen LogP contribution < -0.4 is 4.90 Å². The molecule has 2 aliphatic rings. The van der Waals surface area contributed by atoms with E-state index in [0.717, 1.165) is 39.1 Å². The van der Waals surface area contributed by atoms with E-state index >= 15 is 0 Å². The van der Waals surface area contributed by atoms with Gasteiger partial charge >= 0.3 is 6.09 Å². The van der Waals surface area contributed by atoms with Crippen LogP contribution in [0.2, 0.25) is 0 Å². The van der Waals surface area contributed by atoms with E-state index in [4.69, 9.17) is 4.74 Å². The van der Waals surface area contributed by atoms with Crippen molar-refractivity contribution in [3.8, 4) is 0 Å². The lowest BCUT2D eigenvalue weighted by atomic mass is 10.1. The van der Waals surface area contributed by atoms with Crippen LogP contribution in [0.1, 0.15) is 38.3 Å². The zero-order chi connectivity index (χ0) is 20.3. The second-order valence-corrected chi connectivity index (χ2v) is 9.13. The SMILES string of the molecule is Cc1ccc(CN2CCN(C(=O)OC(C)(C)C)CC2)c(N2CC[C@H](CF)C2)c1. The molecule has 0 aliphatic carbocycles. The molecule has 6 heteroatoms. The lowest BCUT2D eigenvalue weighted by molar-refractivity contribution is 0.0139. The molecule has 1 atom stereocenters. The van der Waals surface area contributed by atoms with E-state index < -0.39 is 5.60 Å². The van der Waals surface area contributed by atoms with Gasteiger partial charge in [0.25, 0.3) is 0 Å². The second-order valence-electron chi connectivity index (χ2n) is 9.13. The van der Waals surface area contributed by atoms with Gasteiger partial charge in [-0.3, -0.25) is 9.29 Å². The number of aryl methyl sites for hydroxylation is 1. The number of anilines is 1. The van der Waals surface area contributed by atoms with E-state index in [2.05, 4.69) is 34.9 Å². The smallest absolute Gasteiger partial charge is 0.410 e. The van der Waals surface area contributed by atoms with E-state index in [-0.39, 0.29) is 18.7 Å². The average Bonchev–Trinajstić information content (AvgIpc) is 3.11. The lowest BCUT2D eigenvalue weighted by Gasteiger charge is -2.36. The van der Waals surface area contributed by atoms with Gasteiger partial charge in [0.05, 0.1) is 6.67 Å². The summed E-state index contributed by atoms with van der Waals surface area (Å²) in [6.07, 6.45) is 0.704. The van der Waals surface area contributed by atoms with E-state index in [1.807, 2.05) is 20.8 Å². The zero-order valence-corrected chi connectivity index (χ0v) is 17.7. The number of alkyl halides is 1. The largest absolute Gasteiger partial charge is 0.444 e. The van der Waals surface area contributed by atoms with Crippen molar-refractivity contribution in [2.75, 3.05) is 50.8 Å². The number of ether oxygens (including phenoxy) is 1. The molecule has 2 saturated heterocycles. The predicted molar refractivity (Wildman–Crippen MR) is 111 cm³/mol. The molecule has 156 valence electrons. The van der Waals surface area contributed by atoms with E-state index in [9.17, 15) is 9.18 Å². The molecule has 1 aromatic carbocycles. The summed E-state index contributed by atoms with van der Waals surface area (Å²) in [6, 6.07) is 6.58. The molecule has 28 heavy (non-hydrogen) atoms. The highest BCUT2D eigenvalue weighted by molar-refractivity contribution is 5.68. The molecule has 0 saturated carbocycles. The number of amides is 1. The van der Waals surface area contributed by atoms with Crippen LogP contribution in [-0.4, -0.2) is 67.4 Å². The maximum absolute atomic E-state index is 13.1. The van der Waals surface area contributed by atoms with Crippen molar-refractivity contribution >= 4 is 11.8 Å². The van der Waals surface area contributed by atoms with Crippen LogP contribution in [0.5, 0.6) is 0 Å². The Morgan fingerprint density at radius 1 is 1.18 bits per heavy atom. The maximum Gasteiger partial charge on any atom is 0.410 e. The van der Waals surface area contributed by atoms with Gasteiger partial charge < -0.3 is 14.5 Å². The van der Waals surface area contributed by atoms with E-state index in [0.29, 0.717) is 13.1 Å². The Morgan fingerprint density at radius 2 is 1.89 bits per heavy atom. The summed E-state index contributed by atoms with van der Waals surface area (Å²) < 4.78 is 18.5. The molecule has 2 aliphatic heterocycles. The van der Waals surface area contributed by atoms with Crippen molar-refractivity contribution in [2.45, 2.75) is 46.3 Å². The molecule has 0 radical (unpaired) electrons. The average molecular weight is 392 g/mol. The summed E-state index contributed by atoms with van der Waals surface area (Å²) in [5.74, 6) is 0.158. The molecule has 0 unspecified atom stereocenters. The standard InChI is InChI=1S/C22H34FN3O2/c1-17-5-6-19(20(13-17)26-8-7-18(14-23)15-26)16-24-9-11-25(12-10-24)21(27)28-22(2,3)4/h5-6,13,18H,7-12,14-16H2,1-4H3/t18-/m1/s1. The minimum atomic E-state index is -0.460. The number of carbonyl (C=O) groups is 1. The Labute approximate surface area is 168 Å². The van der Waals surface area contributed by atoms with Crippen LogP contribution in [0, 0.1) is 12.8 Å². The number of benzene rings is 1. The van der Waals surface area contributed by atoms with Crippen LogP contribution >= 0.6 is 0 Å². The first-order valence-electron chi connectivity index (χ1n) is 10.4. The molecule has 1 aromatic rings. The minimum Gasteiger partial charge on any atom is -0.444 e. The Bertz CT molecular complexity index is 681. The summed E-state index contributed by atoms with van der Waals surface area (Å²) in [4.78, 5) is 18.8. The number of nitrogens with zero attached hydrogens (tertiary/aromatic N) is 3. The molecular formula is C22H34FN3O2. The van der Waals surface area contributed by atoms with E-state index in [1.165, 1.54) is 16.8 Å². The number of hydrogen-bond acceptors (Lipinski definition) is 4. The fourth-order valence-electron chi connectivity index (χ4n) is 3.94. The number of halogens is 1. The molecule has 5 nitrogen and oxygen atoms in total. The van der Waals surface area contributed by atoms with Crippen molar-refractivity contribution in [3.63, 3.8) is 0 Å². The summed E-state index contributed by atoms with van der Waals surface area (Å²) in [7, 11) is 0. The monoisotopic (exact) mass is 391 g/mol. The first-order chi connectivity index (χ1) is 13.2. The van der Waals surface area contributed by atoms with Gasteiger partial charge in [-0.05, 0) is 51.3 Å². The first-order valence-corrected chi connectivity index (χ1v) is 10.4. The molecule has 3 rings (SSSR count). The molecule has 0 N–H and O–H groups in total. The van der Waals surface area contributed by atoms with Gasteiger partial charge in [0.2, 0.25) is 0 Å². The molecule has 2 heterocycles. The molecule has 1 amide bonds. The highest BCUT2D eigenvalue weighted by atomic mass is 19.1. The third-order valence-electron chi connectivity index (χ3n) is 5.50. The van der Waals surface area contributed by atoms with Crippen molar-refractivity contribution in [1.29, 1.82) is 0 Å². The highest BCUT2D eigenvalue weighted by Gasteiger charge is 2.28. The summed E-state index contributed by atoms with van der Waals surface area (Å²) in [5, 5.41) is 0. The van der Waals surface area contributed by atoms with Crippen molar-refractivity contribution in [1.82, 2.24) is 9.80 Å². The van der Waals surface area contributed by atoms with Gasteiger partial charge in [-0.15, -0.1) is 0 Å². The number of hydrogen-bond donors (Lipinski definition) is 0. The fraction of sp³-hybridized carbons (Fsp3) is 0.682. The first kappa shape index (κ1) is 20.9. The van der Waals surface area contributed by atoms with Gasteiger partial charge in [-0.25, -0.2) is 4.79 Å². The molecule has 0 bridgehead atoms. The summed E-state index contributed by atoms with van der Waals surface area (Å²) >= 11 is 0. The topological polar surface area (TPSA) is 36.0 Å². The predicted octanol–water partition coefficient (Wildman–Crippen LogP) is 3.84. The number of piperazine rings is 1. The highest BCUT2D eigenvalue weighted by Crippen LogP contribution is 2.29. The summed E-state index contributed by atoms with van der Waals surface area (Å²) in [6.45, 7) is 13.2. The normalized spacial score (nSPS) is 21.2. The number of rotatable bonds is 4. The Morgan fingerprint density at radius 3 is 2.50 bits per heavy atom. The van der Waals surface area contributed by atoms with Gasteiger partial charge in [-0.2, -0.15) is 0 Å². The van der Waals surface area contributed by atoms with Gasteiger partial charge in [0, 0.05) is 57.4 Å². The Balaban J connectivity index is 1.60. The number of carbonyl (C=O) groups excluding carboxylic acids is 1. The fourth-order valence-corrected chi connectivity index (χ4v) is 3.94. The zero-order valence-electron chi connectivity index (χ0n) is 17.7. The minimum absolute atomic E-state index is 0.158. The van der Waals surface area contributed by atoms with Crippen LogP contribution in [0.15, 0.2) is 18.2 Å². The van der Waals surface area contributed by atoms with Crippen molar-refractivity contribution in [3.05, 3.63) is 29.3 Å². The maximum atomic E-state index is 13.1. The molecular weight excluding hydrogens is 357 g/mol. The molecule has 0 spiro atoms.